The molecule has 1 amide bonds. The molecule has 0 fully saturated rings. The van der Waals surface area contributed by atoms with Crippen LogP contribution in [0.3, 0.4) is 0 Å². The van der Waals surface area contributed by atoms with Crippen molar-refractivity contribution in [2.24, 2.45) is 5.10 Å². The molecule has 30 heavy (non-hydrogen) atoms. The average molecular weight is 443 g/mol. The molecular weight excluding hydrogens is 423 g/mol. The lowest BCUT2D eigenvalue weighted by molar-refractivity contribution is 0.0955. The van der Waals surface area contributed by atoms with Gasteiger partial charge in [-0.05, 0) is 55.0 Å². The summed E-state index contributed by atoms with van der Waals surface area (Å²) in [4.78, 5) is 12.1. The van der Waals surface area contributed by atoms with E-state index in [9.17, 15) is 4.79 Å². The zero-order chi connectivity index (χ0) is 21.3. The van der Waals surface area contributed by atoms with E-state index in [2.05, 4.69) is 10.5 Å². The topological polar surface area (TPSA) is 59.9 Å². The predicted octanol–water partition coefficient (Wildman–Crippen LogP) is 5.74. The molecule has 0 radical (unpaired) electrons. The summed E-state index contributed by atoms with van der Waals surface area (Å²) in [7, 11) is 0. The fourth-order valence-corrected chi connectivity index (χ4v) is 3.00. The van der Waals surface area contributed by atoms with Crippen LogP contribution in [0.15, 0.2) is 71.8 Å². The highest BCUT2D eigenvalue weighted by molar-refractivity contribution is 6.31. The highest BCUT2D eigenvalue weighted by Crippen LogP contribution is 2.29. The summed E-state index contributed by atoms with van der Waals surface area (Å²) in [6.45, 7) is 2.70. The van der Waals surface area contributed by atoms with E-state index in [1.807, 2.05) is 37.3 Å². The van der Waals surface area contributed by atoms with Gasteiger partial charge >= 0.3 is 0 Å². The third-order valence-corrected chi connectivity index (χ3v) is 4.68. The third-order valence-electron chi connectivity index (χ3n) is 4.08. The number of hydrogen-bond donors (Lipinski definition) is 1. The first-order valence-electron chi connectivity index (χ1n) is 9.29. The Labute approximate surface area is 185 Å². The lowest BCUT2D eigenvalue weighted by atomic mass is 10.2. The molecular formula is C23H20Cl2N2O3. The molecule has 0 aliphatic heterocycles. The van der Waals surface area contributed by atoms with Gasteiger partial charge in [-0.1, -0.05) is 47.5 Å². The maximum absolute atomic E-state index is 12.1. The Bertz CT molecular complexity index is 1050. The van der Waals surface area contributed by atoms with E-state index in [4.69, 9.17) is 32.7 Å². The second-order valence-electron chi connectivity index (χ2n) is 6.23. The predicted molar refractivity (Wildman–Crippen MR) is 120 cm³/mol. The molecule has 3 rings (SSSR count). The number of hydrazone groups is 1. The Morgan fingerprint density at radius 1 is 1.00 bits per heavy atom. The number of rotatable bonds is 8. The van der Waals surface area contributed by atoms with Gasteiger partial charge in [-0.25, -0.2) is 5.43 Å². The summed E-state index contributed by atoms with van der Waals surface area (Å²) in [5.41, 5.74) is 4.54. The van der Waals surface area contributed by atoms with Crippen molar-refractivity contribution >= 4 is 35.3 Å². The van der Waals surface area contributed by atoms with Gasteiger partial charge in [0.2, 0.25) is 0 Å². The maximum Gasteiger partial charge on any atom is 0.271 e. The number of amides is 1. The van der Waals surface area contributed by atoms with Gasteiger partial charge in [0.25, 0.3) is 5.91 Å². The minimum absolute atomic E-state index is 0.322. The van der Waals surface area contributed by atoms with Crippen molar-refractivity contribution in [2.75, 3.05) is 6.61 Å². The number of ether oxygens (including phenoxy) is 2. The van der Waals surface area contributed by atoms with Gasteiger partial charge in [-0.3, -0.25) is 4.79 Å². The quantitative estimate of drug-likeness (QED) is 0.357. The molecule has 0 saturated carbocycles. The molecule has 7 heteroatoms. The van der Waals surface area contributed by atoms with E-state index in [0.29, 0.717) is 40.3 Å². The highest BCUT2D eigenvalue weighted by atomic mass is 35.5. The standard InChI is InChI=1S/C23H20Cl2N2O3/c1-2-29-22-12-16(14-26-27-23(28)17-7-5-8-19(24)13-17)10-11-21(22)30-15-18-6-3-4-9-20(18)25/h3-14H,2,15H2,1H3,(H,27,28)/b26-14-. The van der Waals surface area contributed by atoms with E-state index in [1.54, 1.807) is 36.4 Å². The zero-order valence-electron chi connectivity index (χ0n) is 16.3. The van der Waals surface area contributed by atoms with Gasteiger partial charge in [0, 0.05) is 21.2 Å². The van der Waals surface area contributed by atoms with Crippen molar-refractivity contribution in [1.29, 1.82) is 0 Å². The molecule has 0 aliphatic carbocycles. The molecule has 3 aromatic carbocycles. The Morgan fingerprint density at radius 2 is 1.83 bits per heavy atom. The SMILES string of the molecule is CCOc1cc(/C=N\NC(=O)c2cccc(Cl)c2)ccc1OCc1ccccc1Cl. The smallest absolute Gasteiger partial charge is 0.271 e. The second kappa shape index (κ2) is 10.7. The number of nitrogens with one attached hydrogen (secondary N) is 1. The molecule has 1 N–H and O–H groups in total. The summed E-state index contributed by atoms with van der Waals surface area (Å²) >= 11 is 12.1. The molecule has 0 heterocycles. The van der Waals surface area contributed by atoms with E-state index in [0.717, 1.165) is 11.1 Å². The molecule has 3 aromatic rings. The normalized spacial score (nSPS) is 10.8. The van der Waals surface area contributed by atoms with E-state index in [-0.39, 0.29) is 5.91 Å². The van der Waals surface area contributed by atoms with E-state index < -0.39 is 0 Å². The van der Waals surface area contributed by atoms with Crippen LogP contribution in [-0.2, 0) is 6.61 Å². The fraction of sp³-hybridized carbons (Fsp3) is 0.130. The van der Waals surface area contributed by atoms with Gasteiger partial charge in [-0.2, -0.15) is 5.10 Å². The molecule has 0 saturated heterocycles. The third kappa shape index (κ3) is 5.99. The van der Waals surface area contributed by atoms with Gasteiger partial charge in [-0.15, -0.1) is 0 Å². The Hall–Kier alpha value is -3.02. The Morgan fingerprint density at radius 3 is 2.60 bits per heavy atom. The summed E-state index contributed by atoms with van der Waals surface area (Å²) in [5, 5.41) is 5.14. The number of hydrogen-bond acceptors (Lipinski definition) is 4. The minimum Gasteiger partial charge on any atom is -0.490 e. The molecule has 154 valence electrons. The number of carbonyl (C=O) groups is 1. The van der Waals surface area contributed by atoms with Crippen molar-refractivity contribution in [3.63, 3.8) is 0 Å². The van der Waals surface area contributed by atoms with Crippen LogP contribution in [0.5, 0.6) is 11.5 Å². The van der Waals surface area contributed by atoms with Crippen molar-refractivity contribution in [1.82, 2.24) is 5.43 Å². The van der Waals surface area contributed by atoms with Crippen LogP contribution in [0.4, 0.5) is 0 Å². The molecule has 0 spiro atoms. The number of halogens is 2. The number of carbonyl (C=O) groups excluding carboxylic acids is 1. The van der Waals surface area contributed by atoms with Crippen LogP contribution in [0.25, 0.3) is 0 Å². The van der Waals surface area contributed by atoms with Crippen LogP contribution in [0, 0.1) is 0 Å². The van der Waals surface area contributed by atoms with E-state index in [1.165, 1.54) is 6.21 Å². The number of benzene rings is 3. The minimum atomic E-state index is -0.349. The van der Waals surface area contributed by atoms with Crippen molar-refractivity contribution in [3.05, 3.63) is 93.5 Å². The summed E-state index contributed by atoms with van der Waals surface area (Å²) in [6.07, 6.45) is 1.53. The first-order chi connectivity index (χ1) is 14.6. The molecule has 0 aliphatic rings. The summed E-state index contributed by atoms with van der Waals surface area (Å²) in [5.74, 6) is 0.824. The first kappa shape index (κ1) is 21.7. The second-order valence-corrected chi connectivity index (χ2v) is 7.07. The average Bonchev–Trinajstić information content (AvgIpc) is 2.74. The summed E-state index contributed by atoms with van der Waals surface area (Å²) in [6, 6.07) is 19.6. The van der Waals surface area contributed by atoms with Crippen LogP contribution in [-0.4, -0.2) is 18.7 Å². The Balaban J connectivity index is 1.67. The van der Waals surface area contributed by atoms with E-state index >= 15 is 0 Å². The largest absolute Gasteiger partial charge is 0.490 e. The van der Waals surface area contributed by atoms with Crippen LogP contribution in [0.1, 0.15) is 28.4 Å². The summed E-state index contributed by atoms with van der Waals surface area (Å²) < 4.78 is 11.6. The molecule has 0 aromatic heterocycles. The lowest BCUT2D eigenvalue weighted by Gasteiger charge is -2.13. The maximum atomic E-state index is 12.1. The number of nitrogens with zero attached hydrogens (tertiary/aromatic N) is 1. The van der Waals surface area contributed by atoms with Crippen molar-refractivity contribution < 1.29 is 14.3 Å². The molecule has 5 nitrogen and oxygen atoms in total. The first-order valence-corrected chi connectivity index (χ1v) is 10.0. The van der Waals surface area contributed by atoms with Gasteiger partial charge in [0.1, 0.15) is 6.61 Å². The van der Waals surface area contributed by atoms with Crippen molar-refractivity contribution in [2.45, 2.75) is 13.5 Å². The van der Waals surface area contributed by atoms with Crippen molar-refractivity contribution in [3.8, 4) is 11.5 Å². The highest BCUT2D eigenvalue weighted by Gasteiger charge is 2.08. The fourth-order valence-electron chi connectivity index (χ4n) is 2.62. The van der Waals surface area contributed by atoms with Gasteiger partial charge < -0.3 is 9.47 Å². The molecule has 0 atom stereocenters. The van der Waals surface area contributed by atoms with Crippen LogP contribution >= 0.6 is 23.2 Å². The molecule has 0 bridgehead atoms. The molecule has 0 unspecified atom stereocenters. The zero-order valence-corrected chi connectivity index (χ0v) is 17.8. The Kier molecular flexibility index (Phi) is 7.71. The van der Waals surface area contributed by atoms with Gasteiger partial charge in [0.15, 0.2) is 11.5 Å². The van der Waals surface area contributed by atoms with Gasteiger partial charge in [0.05, 0.1) is 12.8 Å². The lowest BCUT2D eigenvalue weighted by Crippen LogP contribution is -2.17. The monoisotopic (exact) mass is 442 g/mol. The van der Waals surface area contributed by atoms with Crippen LogP contribution < -0.4 is 14.9 Å². The van der Waals surface area contributed by atoms with Crippen LogP contribution in [0.2, 0.25) is 10.0 Å².